The van der Waals surface area contributed by atoms with Gasteiger partial charge < -0.3 is 10.6 Å². The van der Waals surface area contributed by atoms with Gasteiger partial charge in [-0.3, -0.25) is 0 Å². The Morgan fingerprint density at radius 1 is 1.25 bits per heavy atom. The normalized spacial score (nSPS) is 1.50. The molecule has 0 saturated carbocycles. The molecule has 2 nitrogen and oxygen atoms in total. The predicted octanol–water partition coefficient (Wildman–Crippen LogP) is -3.56. The van der Waals surface area contributed by atoms with Crippen LogP contribution < -0.4 is 29.6 Å². The van der Waals surface area contributed by atoms with Gasteiger partial charge in [0.1, 0.15) is 0 Å². The second kappa shape index (κ2) is 39.5. The van der Waals surface area contributed by atoms with Gasteiger partial charge in [-0.05, 0) is 0 Å². The zero-order chi connectivity index (χ0) is 2.00. The van der Waals surface area contributed by atoms with Crippen LogP contribution in [-0.2, 0) is 0 Å². The molecule has 0 atom stereocenters. The van der Waals surface area contributed by atoms with Crippen molar-refractivity contribution >= 4 is 0 Å². The summed E-state index contributed by atoms with van der Waals surface area (Å²) in [5.41, 5.74) is 0. The molecule has 22 valence electrons. The molecule has 0 aromatic carbocycles. The predicted molar refractivity (Wildman–Crippen MR) is 10.1 cm³/mol. The van der Waals surface area contributed by atoms with E-state index in [1.165, 1.54) is 0 Å². The van der Waals surface area contributed by atoms with Crippen LogP contribution in [0.25, 0.3) is 0 Å². The van der Waals surface area contributed by atoms with E-state index in [0.29, 0.717) is 0 Å². The van der Waals surface area contributed by atoms with Crippen molar-refractivity contribution in [3.05, 3.63) is 0 Å². The van der Waals surface area contributed by atoms with Crippen LogP contribution >= 0.6 is 0 Å². The first kappa shape index (κ1) is 20.5. The Morgan fingerprint density at radius 2 is 1.25 bits per heavy atom. The first-order chi connectivity index (χ1) is 1.00. The van der Waals surface area contributed by atoms with Crippen molar-refractivity contribution in [1.29, 1.82) is 0 Å². The number of aliphatic hydroxyl groups is 1. The first-order valence-electron chi connectivity index (χ1n) is 0.447. The Kier molecular flexibility index (Phi) is 202. The van der Waals surface area contributed by atoms with Gasteiger partial charge in [-0.25, -0.2) is 0 Å². The number of aliphatic hydroxyl groups excluding tert-OH is 1. The third-order valence-corrected chi connectivity index (χ3v) is 0. The standard InChI is InChI=1S/CH4O.Na.H2O/c1-2;;/h2H,1H3;;1H2/q;+1;/p-1. The molecule has 4 heavy (non-hydrogen) atoms. The van der Waals surface area contributed by atoms with Crippen molar-refractivity contribution < 1.29 is 40.1 Å². The van der Waals surface area contributed by atoms with Gasteiger partial charge in [0.2, 0.25) is 0 Å². The smallest absolute Gasteiger partial charge is 0.870 e. The summed E-state index contributed by atoms with van der Waals surface area (Å²) in [5.74, 6) is 0. The Hall–Kier alpha value is 0.920. The summed E-state index contributed by atoms with van der Waals surface area (Å²) < 4.78 is 0. The minimum Gasteiger partial charge on any atom is -0.870 e. The average Bonchev–Trinajstić information content (AvgIpc) is 1.00. The maximum atomic E-state index is 7.00. The van der Waals surface area contributed by atoms with Crippen LogP contribution in [0.15, 0.2) is 0 Å². The molecule has 0 radical (unpaired) electrons. The molecule has 0 amide bonds. The third-order valence-electron chi connectivity index (χ3n) is 0. The molecule has 3 heteroatoms. The molecule has 0 aromatic rings. The molecule has 0 bridgehead atoms. The summed E-state index contributed by atoms with van der Waals surface area (Å²) >= 11 is 0. The summed E-state index contributed by atoms with van der Waals surface area (Å²) in [5, 5.41) is 7.00. The molecule has 0 rings (SSSR count). The first-order valence-corrected chi connectivity index (χ1v) is 0.447. The molecular weight excluding hydrogens is 67.0 g/mol. The Labute approximate surface area is 47.4 Å². The fraction of sp³-hybridized carbons (Fsp3) is 1.00. The van der Waals surface area contributed by atoms with Crippen LogP contribution in [0.2, 0.25) is 0 Å². The molecule has 0 saturated heterocycles. The molecule has 0 aromatic heterocycles. The van der Waals surface area contributed by atoms with Crippen molar-refractivity contribution in [3.63, 3.8) is 0 Å². The molecular formula is CH5NaO2. The molecule has 0 fully saturated rings. The van der Waals surface area contributed by atoms with Crippen molar-refractivity contribution in [2.24, 2.45) is 0 Å². The zero-order valence-corrected chi connectivity index (χ0v) is 4.89. The average molecular weight is 72.0 g/mol. The van der Waals surface area contributed by atoms with Gasteiger partial charge in [0, 0.05) is 7.11 Å². The van der Waals surface area contributed by atoms with Gasteiger partial charge in [0.25, 0.3) is 0 Å². The van der Waals surface area contributed by atoms with Crippen LogP contribution in [0.3, 0.4) is 0 Å². The fourth-order valence-electron chi connectivity index (χ4n) is 0. The molecule has 2 N–H and O–H groups in total. The van der Waals surface area contributed by atoms with Crippen molar-refractivity contribution in [2.75, 3.05) is 7.11 Å². The van der Waals surface area contributed by atoms with Crippen LogP contribution in [0.4, 0.5) is 0 Å². The third kappa shape index (κ3) is 12.7. The second-order valence-corrected chi connectivity index (χ2v) is 0. The van der Waals surface area contributed by atoms with Gasteiger partial charge >= 0.3 is 29.6 Å². The second-order valence-electron chi connectivity index (χ2n) is 0. The van der Waals surface area contributed by atoms with E-state index in [0.717, 1.165) is 7.11 Å². The monoisotopic (exact) mass is 72.0 g/mol. The maximum Gasteiger partial charge on any atom is 1.00 e. The van der Waals surface area contributed by atoms with E-state index in [4.69, 9.17) is 5.11 Å². The van der Waals surface area contributed by atoms with E-state index in [1.807, 2.05) is 0 Å². The van der Waals surface area contributed by atoms with Gasteiger partial charge in [-0.15, -0.1) is 0 Å². The van der Waals surface area contributed by atoms with E-state index in [2.05, 4.69) is 0 Å². The van der Waals surface area contributed by atoms with Crippen LogP contribution in [-0.4, -0.2) is 17.7 Å². The van der Waals surface area contributed by atoms with E-state index in [1.54, 1.807) is 0 Å². The van der Waals surface area contributed by atoms with Gasteiger partial charge in [-0.1, -0.05) is 0 Å². The largest absolute Gasteiger partial charge is 1.00 e. The summed E-state index contributed by atoms with van der Waals surface area (Å²) in [6.45, 7) is 0. The molecule has 0 aliphatic carbocycles. The maximum absolute atomic E-state index is 7.00. The quantitative estimate of drug-likeness (QED) is 0.301. The molecule has 0 spiro atoms. The van der Waals surface area contributed by atoms with Crippen molar-refractivity contribution in [3.8, 4) is 0 Å². The number of hydrogen-bond donors (Lipinski definition) is 1. The van der Waals surface area contributed by atoms with Crippen LogP contribution in [0, 0.1) is 0 Å². The van der Waals surface area contributed by atoms with Gasteiger partial charge in [0.15, 0.2) is 0 Å². The van der Waals surface area contributed by atoms with Crippen LogP contribution in [0.5, 0.6) is 0 Å². The minimum atomic E-state index is 0. The van der Waals surface area contributed by atoms with E-state index >= 15 is 0 Å². The van der Waals surface area contributed by atoms with Crippen LogP contribution in [0.1, 0.15) is 0 Å². The summed E-state index contributed by atoms with van der Waals surface area (Å²) in [4.78, 5) is 0. The molecule has 0 heterocycles. The van der Waals surface area contributed by atoms with E-state index in [-0.39, 0.29) is 35.0 Å². The number of rotatable bonds is 0. The topological polar surface area (TPSA) is 50.2 Å². The summed E-state index contributed by atoms with van der Waals surface area (Å²) in [6.07, 6.45) is 0. The fourth-order valence-corrected chi connectivity index (χ4v) is 0. The molecule has 0 aliphatic heterocycles. The Bertz CT molecular complexity index is 6.00. The van der Waals surface area contributed by atoms with Gasteiger partial charge in [-0.2, -0.15) is 0 Å². The summed E-state index contributed by atoms with van der Waals surface area (Å²) in [7, 11) is 1.00. The number of hydrogen-bond acceptors (Lipinski definition) is 2. The van der Waals surface area contributed by atoms with Crippen molar-refractivity contribution in [1.82, 2.24) is 0 Å². The molecule has 0 unspecified atom stereocenters. The Balaban J connectivity index is -0.00000000500. The SMILES string of the molecule is CO.[Na+].[OH-]. The van der Waals surface area contributed by atoms with Gasteiger partial charge in [0.05, 0.1) is 0 Å². The molecule has 0 aliphatic rings. The van der Waals surface area contributed by atoms with Crippen molar-refractivity contribution in [2.45, 2.75) is 0 Å². The zero-order valence-electron chi connectivity index (χ0n) is 2.89. The summed E-state index contributed by atoms with van der Waals surface area (Å²) in [6, 6.07) is 0. The Morgan fingerprint density at radius 3 is 1.25 bits per heavy atom. The minimum absolute atomic E-state index is 0. The van der Waals surface area contributed by atoms with E-state index in [9.17, 15) is 0 Å². The van der Waals surface area contributed by atoms with E-state index < -0.39 is 0 Å².